The minimum absolute atomic E-state index is 0. The van der Waals surface area contributed by atoms with Crippen molar-refractivity contribution in [3.63, 3.8) is 0 Å². The normalized spacial score (nSPS) is 20.6. The molecule has 1 saturated heterocycles. The van der Waals surface area contributed by atoms with Gasteiger partial charge in [0.2, 0.25) is 6.33 Å². The Bertz CT molecular complexity index is 1400. The van der Waals surface area contributed by atoms with Gasteiger partial charge in [-0.25, -0.2) is 9.13 Å². The van der Waals surface area contributed by atoms with Crippen molar-refractivity contribution in [2.75, 3.05) is 18.5 Å². The highest BCUT2D eigenvalue weighted by molar-refractivity contribution is 9.10. The first-order chi connectivity index (χ1) is 16.5. The molecule has 3 heterocycles. The minimum atomic E-state index is -0.0265. The summed E-state index contributed by atoms with van der Waals surface area (Å²) in [6.07, 6.45) is 3.14. The molecule has 4 aromatic rings. The molecule has 0 spiro atoms. The molecule has 0 bridgehead atoms. The number of fused-ring (bicyclic) bond motifs is 4. The zero-order chi connectivity index (χ0) is 23.4. The van der Waals surface area contributed by atoms with E-state index in [0.29, 0.717) is 6.54 Å². The van der Waals surface area contributed by atoms with Crippen LogP contribution in [0.15, 0.2) is 83.6 Å². The Balaban J connectivity index is 0.00000253. The van der Waals surface area contributed by atoms with Crippen LogP contribution < -0.4 is 26.4 Å². The van der Waals surface area contributed by atoms with E-state index >= 15 is 0 Å². The van der Waals surface area contributed by atoms with Crippen LogP contribution in [0.3, 0.4) is 0 Å². The summed E-state index contributed by atoms with van der Waals surface area (Å²) < 4.78 is 5.41. The highest BCUT2D eigenvalue weighted by Gasteiger charge is 2.54. The zero-order valence-electron chi connectivity index (χ0n) is 19.9. The summed E-state index contributed by atoms with van der Waals surface area (Å²) in [5, 5.41) is 0. The summed E-state index contributed by atoms with van der Waals surface area (Å²) in [7, 11) is 2.12. The van der Waals surface area contributed by atoms with Crippen LogP contribution in [-0.2, 0) is 23.3 Å². The van der Waals surface area contributed by atoms with Crippen LogP contribution in [0.2, 0.25) is 0 Å². The fraction of sp³-hybridized carbons (Fsp3) is 0.286. The molecule has 5 nitrogen and oxygen atoms in total. The molecule has 35 heavy (non-hydrogen) atoms. The Morgan fingerprint density at radius 2 is 1.77 bits per heavy atom. The zero-order valence-corrected chi connectivity index (χ0v) is 23.0. The van der Waals surface area contributed by atoms with Crippen LogP contribution in [0, 0.1) is 0 Å². The van der Waals surface area contributed by atoms with Gasteiger partial charge in [-0.3, -0.25) is 4.79 Å². The number of hydrogen-bond acceptors (Lipinski definition) is 2. The second-order valence-electron chi connectivity index (χ2n) is 9.74. The molecule has 3 aromatic carbocycles. The van der Waals surface area contributed by atoms with Crippen LogP contribution in [0.5, 0.6) is 0 Å². The number of carbonyl (C=O) groups is 1. The number of anilines is 1. The molecule has 1 amide bonds. The summed E-state index contributed by atoms with van der Waals surface area (Å²) in [6.45, 7) is 4.20. The number of nitrogens with zero attached hydrogens (tertiary/aromatic N) is 4. The van der Waals surface area contributed by atoms with Gasteiger partial charge in [0.05, 0.1) is 0 Å². The Labute approximate surface area is 224 Å². The van der Waals surface area contributed by atoms with Crippen molar-refractivity contribution in [3.8, 4) is 0 Å². The van der Waals surface area contributed by atoms with Crippen LogP contribution >= 0.6 is 15.9 Å². The maximum Gasteiger partial charge on any atom is 0.266 e. The number of likely N-dealkylation sites (tertiary alicyclic amines) is 1. The third-order valence-corrected chi connectivity index (χ3v) is 8.20. The van der Waals surface area contributed by atoms with Crippen molar-refractivity contribution in [2.24, 2.45) is 0 Å². The minimum Gasteiger partial charge on any atom is -1.00 e. The molecule has 1 aromatic heterocycles. The van der Waals surface area contributed by atoms with Crippen LogP contribution in [0.25, 0.3) is 11.0 Å². The summed E-state index contributed by atoms with van der Waals surface area (Å²) in [6, 6.07) is 25.3. The summed E-state index contributed by atoms with van der Waals surface area (Å²) >= 11 is 3.51. The Morgan fingerprint density at radius 1 is 1.06 bits per heavy atom. The van der Waals surface area contributed by atoms with Gasteiger partial charge in [0.15, 0.2) is 17.6 Å². The Morgan fingerprint density at radius 3 is 2.57 bits per heavy atom. The molecule has 7 heteroatoms. The second kappa shape index (κ2) is 9.10. The third kappa shape index (κ3) is 3.89. The lowest BCUT2D eigenvalue weighted by atomic mass is 9.81. The molecule has 2 unspecified atom stereocenters. The molecule has 2 atom stereocenters. The number of rotatable bonds is 4. The number of hydrogen-bond donors (Lipinski definition) is 0. The lowest BCUT2D eigenvalue weighted by molar-refractivity contribution is -0.663. The Hall–Kier alpha value is -2.64. The van der Waals surface area contributed by atoms with E-state index in [1.54, 1.807) is 0 Å². The molecule has 6 rings (SSSR count). The molecule has 0 saturated carbocycles. The first-order valence-electron chi connectivity index (χ1n) is 11.8. The van der Waals surface area contributed by atoms with Gasteiger partial charge in [-0.1, -0.05) is 65.3 Å². The quantitative estimate of drug-likeness (QED) is 0.337. The molecule has 180 valence electrons. The smallest absolute Gasteiger partial charge is 0.266 e. The molecular formula is C28H28Br2N4O. The van der Waals surface area contributed by atoms with Gasteiger partial charge in [-0.05, 0) is 47.9 Å². The lowest BCUT2D eigenvalue weighted by Gasteiger charge is -2.34. The van der Waals surface area contributed by atoms with E-state index in [-0.39, 0.29) is 34.5 Å². The topological polar surface area (TPSA) is 32.4 Å². The van der Waals surface area contributed by atoms with Gasteiger partial charge in [0.1, 0.15) is 12.7 Å². The second-order valence-corrected chi connectivity index (χ2v) is 10.7. The number of aromatic nitrogens is 2. The summed E-state index contributed by atoms with van der Waals surface area (Å²) in [5.74, 6) is 0.171. The fourth-order valence-electron chi connectivity index (χ4n) is 6.03. The number of imidazole rings is 1. The first-order valence-corrected chi connectivity index (χ1v) is 12.6. The molecule has 0 N–H and O–H groups in total. The van der Waals surface area contributed by atoms with Gasteiger partial charge in [0.25, 0.3) is 5.91 Å². The molecular weight excluding hydrogens is 568 g/mol. The fourth-order valence-corrected chi connectivity index (χ4v) is 6.30. The van der Waals surface area contributed by atoms with Crippen molar-refractivity contribution in [3.05, 3.63) is 94.7 Å². The third-order valence-electron chi connectivity index (χ3n) is 7.67. The van der Waals surface area contributed by atoms with Crippen molar-refractivity contribution in [2.45, 2.75) is 38.0 Å². The van der Waals surface area contributed by atoms with E-state index < -0.39 is 0 Å². The standard InChI is InChI=1S/C28H28BrN4O.BrH/c1-28-15-16-33(27(28)30(2)23-8-4-3-7-22(23)28)26(34)18-32-19-31(24-9-5-6-10-25(24)32)17-20-11-13-21(29)14-12-20;/h3-14,19,27H,15-18H2,1-2H3;1H/q+1;/p-1. The predicted molar refractivity (Wildman–Crippen MR) is 138 cm³/mol. The molecule has 2 aliphatic rings. The highest BCUT2D eigenvalue weighted by Crippen LogP contribution is 2.51. The van der Waals surface area contributed by atoms with Crippen molar-refractivity contribution >= 4 is 38.6 Å². The van der Waals surface area contributed by atoms with E-state index in [9.17, 15) is 4.79 Å². The van der Waals surface area contributed by atoms with Crippen molar-refractivity contribution in [1.82, 2.24) is 9.47 Å². The predicted octanol–water partition coefficient (Wildman–Crippen LogP) is 1.71. The SMILES string of the molecule is CN1c2ccccc2C2(C)CCN(C(=O)Cn3c[n+](Cc4ccc(Br)cc4)c4ccccc43)C12.[Br-]. The van der Waals surface area contributed by atoms with E-state index in [2.05, 4.69) is 122 Å². The van der Waals surface area contributed by atoms with Crippen LogP contribution in [-0.4, -0.2) is 35.1 Å². The average molecular weight is 596 g/mol. The number of amides is 1. The maximum absolute atomic E-state index is 13.7. The summed E-state index contributed by atoms with van der Waals surface area (Å²) in [4.78, 5) is 18.1. The number of halogens is 2. The number of para-hydroxylation sites is 3. The van der Waals surface area contributed by atoms with E-state index in [0.717, 1.165) is 35.0 Å². The van der Waals surface area contributed by atoms with Crippen molar-refractivity contribution < 1.29 is 26.3 Å². The lowest BCUT2D eigenvalue weighted by Crippen LogP contribution is -3.00. The highest BCUT2D eigenvalue weighted by atomic mass is 79.9. The van der Waals surface area contributed by atoms with E-state index in [1.165, 1.54) is 16.8 Å². The van der Waals surface area contributed by atoms with Gasteiger partial charge < -0.3 is 26.8 Å². The molecule has 1 fully saturated rings. The summed E-state index contributed by atoms with van der Waals surface area (Å²) in [5.41, 5.74) is 6.01. The maximum atomic E-state index is 13.7. The van der Waals surface area contributed by atoms with Gasteiger partial charge in [-0.2, -0.15) is 0 Å². The van der Waals surface area contributed by atoms with Gasteiger partial charge in [-0.15, -0.1) is 0 Å². The molecule has 2 aliphatic heterocycles. The van der Waals surface area contributed by atoms with Gasteiger partial charge in [0, 0.05) is 29.2 Å². The van der Waals surface area contributed by atoms with E-state index in [1.807, 2.05) is 6.07 Å². The largest absolute Gasteiger partial charge is 1.00 e. The Kier molecular flexibility index (Phi) is 6.26. The molecule has 0 radical (unpaired) electrons. The average Bonchev–Trinajstić information content (AvgIpc) is 3.45. The van der Waals surface area contributed by atoms with Gasteiger partial charge >= 0.3 is 0 Å². The number of likely N-dealkylation sites (N-methyl/N-ethyl adjacent to an activating group) is 1. The molecule has 0 aliphatic carbocycles. The van der Waals surface area contributed by atoms with Crippen LogP contribution in [0.1, 0.15) is 24.5 Å². The number of carbonyl (C=O) groups excluding carboxylic acids is 1. The first kappa shape index (κ1) is 24.1. The van der Waals surface area contributed by atoms with Crippen LogP contribution in [0.4, 0.5) is 5.69 Å². The number of benzene rings is 3. The van der Waals surface area contributed by atoms with Crippen molar-refractivity contribution in [1.29, 1.82) is 0 Å². The monoisotopic (exact) mass is 594 g/mol. The van der Waals surface area contributed by atoms with E-state index in [4.69, 9.17) is 0 Å².